The van der Waals surface area contributed by atoms with E-state index in [1.807, 2.05) is 0 Å². The predicted molar refractivity (Wildman–Crippen MR) is 91.4 cm³/mol. The largest absolute Gasteiger partial charge is 0.453 e. The second kappa shape index (κ2) is 6.61. The number of rotatable bonds is 4. The number of benzene rings is 2. The van der Waals surface area contributed by atoms with E-state index < -0.39 is 16.2 Å². The number of H-pyrrole nitrogens is 1. The van der Waals surface area contributed by atoms with Gasteiger partial charge in [0, 0.05) is 11.1 Å². The van der Waals surface area contributed by atoms with Gasteiger partial charge in [0.15, 0.2) is 0 Å². The van der Waals surface area contributed by atoms with Gasteiger partial charge in [0.1, 0.15) is 10.6 Å². The molecule has 2 aromatic carbocycles. The molecule has 0 unspecified atom stereocenters. The van der Waals surface area contributed by atoms with E-state index in [0.29, 0.717) is 11.0 Å². The maximum Gasteiger partial charge on any atom is 0.413 e. The molecule has 0 atom stereocenters. The fraction of sp³-hybridized carbons (Fsp3) is 0.0667. The zero-order valence-electron chi connectivity index (χ0n) is 12.8. The first-order chi connectivity index (χ1) is 11.9. The Balaban J connectivity index is 1.87. The van der Waals surface area contributed by atoms with Crippen molar-refractivity contribution in [3.63, 3.8) is 0 Å². The summed E-state index contributed by atoms with van der Waals surface area (Å²) in [6, 6.07) is 10.2. The predicted octanol–water partition coefficient (Wildman–Crippen LogP) is 3.16. The van der Waals surface area contributed by atoms with Crippen molar-refractivity contribution in [2.75, 3.05) is 12.4 Å². The minimum atomic E-state index is -4.03. The van der Waals surface area contributed by atoms with Crippen LogP contribution in [-0.2, 0) is 14.9 Å². The van der Waals surface area contributed by atoms with Gasteiger partial charge in [-0.2, -0.15) is 8.42 Å². The molecule has 10 heteroatoms. The summed E-state index contributed by atoms with van der Waals surface area (Å²) >= 11 is 5.81. The lowest BCUT2D eigenvalue weighted by molar-refractivity contribution is 0.186. The maximum absolute atomic E-state index is 12.3. The van der Waals surface area contributed by atoms with Gasteiger partial charge in [-0.15, -0.1) is 0 Å². The van der Waals surface area contributed by atoms with Crippen LogP contribution in [0.2, 0.25) is 5.02 Å². The van der Waals surface area contributed by atoms with Crippen molar-refractivity contribution in [2.45, 2.75) is 4.90 Å². The standard InChI is InChI=1S/C15H12ClN3O5S/c1-23-15(20)19-14-17-12-6-5-10(8-13(12)18-14)24-25(21,22)11-4-2-3-9(16)7-11/h2-8H,1H3,(H2,17,18,19,20). The second-order valence-electron chi connectivity index (χ2n) is 4.88. The number of amides is 1. The number of aromatic amines is 1. The number of imidazole rings is 1. The molecule has 1 amide bonds. The van der Waals surface area contributed by atoms with E-state index in [1.165, 1.54) is 37.4 Å². The van der Waals surface area contributed by atoms with Gasteiger partial charge in [-0.05, 0) is 30.3 Å². The fourth-order valence-corrected chi connectivity index (χ4v) is 3.27. The molecule has 1 aromatic heterocycles. The zero-order chi connectivity index (χ0) is 18.0. The summed E-state index contributed by atoms with van der Waals surface area (Å²) < 4.78 is 34.2. The Labute approximate surface area is 147 Å². The van der Waals surface area contributed by atoms with E-state index in [2.05, 4.69) is 20.0 Å². The molecular formula is C15H12ClN3O5S. The molecule has 1 heterocycles. The number of aromatic nitrogens is 2. The number of ether oxygens (including phenoxy) is 1. The highest BCUT2D eigenvalue weighted by Crippen LogP contribution is 2.25. The van der Waals surface area contributed by atoms with E-state index in [4.69, 9.17) is 15.8 Å². The molecule has 0 radical (unpaired) electrons. The van der Waals surface area contributed by atoms with Gasteiger partial charge in [0.25, 0.3) is 0 Å². The van der Waals surface area contributed by atoms with Crippen LogP contribution in [0.15, 0.2) is 47.4 Å². The second-order valence-corrected chi connectivity index (χ2v) is 6.86. The van der Waals surface area contributed by atoms with Crippen LogP contribution in [0.25, 0.3) is 11.0 Å². The molecule has 0 bridgehead atoms. The quantitative estimate of drug-likeness (QED) is 0.671. The van der Waals surface area contributed by atoms with E-state index in [-0.39, 0.29) is 21.6 Å². The van der Waals surface area contributed by atoms with Gasteiger partial charge in [0.2, 0.25) is 5.95 Å². The first kappa shape index (κ1) is 17.1. The topological polar surface area (TPSA) is 110 Å². The lowest BCUT2D eigenvalue weighted by Gasteiger charge is -2.07. The van der Waals surface area contributed by atoms with Crippen molar-refractivity contribution in [2.24, 2.45) is 0 Å². The van der Waals surface area contributed by atoms with Crippen LogP contribution in [0.5, 0.6) is 5.75 Å². The molecule has 0 aliphatic carbocycles. The van der Waals surface area contributed by atoms with Gasteiger partial charge in [-0.25, -0.2) is 9.78 Å². The van der Waals surface area contributed by atoms with Gasteiger partial charge in [-0.3, -0.25) is 5.32 Å². The lowest BCUT2D eigenvalue weighted by atomic mass is 10.3. The van der Waals surface area contributed by atoms with Gasteiger partial charge >= 0.3 is 16.2 Å². The number of halogens is 1. The third-order valence-electron chi connectivity index (χ3n) is 3.15. The van der Waals surface area contributed by atoms with Crippen LogP contribution in [0.1, 0.15) is 0 Å². The third-order valence-corrected chi connectivity index (χ3v) is 4.63. The number of nitrogens with one attached hydrogen (secondary N) is 2. The highest BCUT2D eigenvalue weighted by molar-refractivity contribution is 7.87. The SMILES string of the molecule is COC(=O)Nc1nc2ccc(OS(=O)(=O)c3cccc(Cl)c3)cc2[nH]1. The van der Waals surface area contributed by atoms with E-state index >= 15 is 0 Å². The molecule has 3 rings (SSSR count). The number of carbonyl (C=O) groups is 1. The Hall–Kier alpha value is -2.78. The number of anilines is 1. The Morgan fingerprint density at radius 2 is 2.04 bits per heavy atom. The van der Waals surface area contributed by atoms with Crippen molar-refractivity contribution < 1.29 is 22.1 Å². The number of hydrogen-bond donors (Lipinski definition) is 2. The number of methoxy groups -OCH3 is 1. The van der Waals surface area contributed by atoms with E-state index in [1.54, 1.807) is 12.1 Å². The van der Waals surface area contributed by atoms with Crippen molar-refractivity contribution in [1.82, 2.24) is 9.97 Å². The summed E-state index contributed by atoms with van der Waals surface area (Å²) in [5.74, 6) is 0.248. The van der Waals surface area contributed by atoms with Crippen LogP contribution in [0.3, 0.4) is 0 Å². The molecule has 0 saturated carbocycles. The first-order valence-electron chi connectivity index (χ1n) is 6.92. The normalized spacial score (nSPS) is 11.3. The van der Waals surface area contributed by atoms with Crippen molar-refractivity contribution >= 4 is 44.8 Å². The number of hydrogen-bond acceptors (Lipinski definition) is 6. The monoisotopic (exact) mass is 381 g/mol. The Bertz CT molecular complexity index is 1050. The van der Waals surface area contributed by atoms with Crippen LogP contribution in [0.4, 0.5) is 10.7 Å². The molecular weight excluding hydrogens is 370 g/mol. The third kappa shape index (κ3) is 3.83. The van der Waals surface area contributed by atoms with Gasteiger partial charge in [0.05, 0.1) is 18.1 Å². The smallest absolute Gasteiger partial charge is 0.413 e. The Kier molecular flexibility index (Phi) is 4.51. The van der Waals surface area contributed by atoms with Crippen molar-refractivity contribution in [1.29, 1.82) is 0 Å². The molecule has 0 aliphatic rings. The molecule has 8 nitrogen and oxygen atoms in total. The van der Waals surface area contributed by atoms with E-state index in [0.717, 1.165) is 0 Å². The molecule has 0 spiro atoms. The van der Waals surface area contributed by atoms with Crippen molar-refractivity contribution in [3.8, 4) is 5.75 Å². The molecule has 0 saturated heterocycles. The van der Waals surface area contributed by atoms with E-state index in [9.17, 15) is 13.2 Å². The Morgan fingerprint density at radius 3 is 2.76 bits per heavy atom. The van der Waals surface area contributed by atoms with Gasteiger partial charge in [-0.1, -0.05) is 17.7 Å². The summed E-state index contributed by atoms with van der Waals surface area (Å²) in [6.45, 7) is 0. The molecule has 25 heavy (non-hydrogen) atoms. The van der Waals surface area contributed by atoms with Gasteiger partial charge < -0.3 is 13.9 Å². The fourth-order valence-electron chi connectivity index (χ4n) is 2.04. The summed E-state index contributed by atoms with van der Waals surface area (Å²) in [6.07, 6.45) is -0.681. The Morgan fingerprint density at radius 1 is 1.24 bits per heavy atom. The molecule has 2 N–H and O–H groups in total. The summed E-state index contributed by atoms with van der Waals surface area (Å²) in [4.78, 5) is 18.1. The van der Waals surface area contributed by atoms with Crippen LogP contribution < -0.4 is 9.50 Å². The molecule has 130 valence electrons. The zero-order valence-corrected chi connectivity index (χ0v) is 14.4. The highest BCUT2D eigenvalue weighted by atomic mass is 35.5. The average Bonchev–Trinajstić information content (AvgIpc) is 2.95. The van der Waals surface area contributed by atoms with Crippen LogP contribution in [0, 0.1) is 0 Å². The number of carbonyl (C=O) groups excluding carboxylic acids is 1. The number of fused-ring (bicyclic) bond motifs is 1. The summed E-state index contributed by atoms with van der Waals surface area (Å²) in [5.41, 5.74) is 0.990. The first-order valence-corrected chi connectivity index (χ1v) is 8.71. The summed E-state index contributed by atoms with van der Waals surface area (Å²) in [7, 11) is -2.80. The van der Waals surface area contributed by atoms with Crippen LogP contribution >= 0.6 is 11.6 Å². The summed E-state index contributed by atoms with van der Waals surface area (Å²) in [5, 5.41) is 2.66. The minimum Gasteiger partial charge on any atom is -0.453 e. The average molecular weight is 382 g/mol. The minimum absolute atomic E-state index is 0.0576. The maximum atomic E-state index is 12.3. The lowest BCUT2D eigenvalue weighted by Crippen LogP contribution is -2.11. The van der Waals surface area contributed by atoms with Crippen molar-refractivity contribution in [3.05, 3.63) is 47.5 Å². The molecule has 0 aliphatic heterocycles. The highest BCUT2D eigenvalue weighted by Gasteiger charge is 2.17. The molecule has 3 aromatic rings. The molecule has 0 fully saturated rings. The number of nitrogens with zero attached hydrogens (tertiary/aromatic N) is 1. The van der Waals surface area contributed by atoms with Crippen LogP contribution in [-0.4, -0.2) is 31.6 Å².